The van der Waals surface area contributed by atoms with E-state index in [1.807, 2.05) is 30.3 Å². The van der Waals surface area contributed by atoms with Gasteiger partial charge in [0, 0.05) is 12.1 Å². The van der Waals surface area contributed by atoms with Crippen LogP contribution in [0, 0.1) is 0 Å². The van der Waals surface area contributed by atoms with Crippen LogP contribution in [0.15, 0.2) is 59.5 Å². The second kappa shape index (κ2) is 7.82. The van der Waals surface area contributed by atoms with Crippen LogP contribution in [0.25, 0.3) is 0 Å². The van der Waals surface area contributed by atoms with Gasteiger partial charge in [-0.05, 0) is 42.7 Å². The number of hydrogen-bond acceptors (Lipinski definition) is 5. The van der Waals surface area contributed by atoms with Crippen LogP contribution in [0.1, 0.15) is 22.3 Å². The van der Waals surface area contributed by atoms with Gasteiger partial charge >= 0.3 is 0 Å². The lowest BCUT2D eigenvalue weighted by Gasteiger charge is -2.11. The highest BCUT2D eigenvalue weighted by Gasteiger charge is 2.37. The third kappa shape index (κ3) is 4.75. The topological polar surface area (TPSA) is 97.4 Å². The molecule has 1 atom stereocenters. The maximum Gasteiger partial charge on any atom is 0.251 e. The van der Waals surface area contributed by atoms with E-state index in [4.69, 9.17) is 0 Å². The first-order valence-corrected chi connectivity index (χ1v) is 12.0. The van der Waals surface area contributed by atoms with Crippen LogP contribution >= 0.6 is 0 Å². The van der Waals surface area contributed by atoms with Gasteiger partial charge in [-0.25, -0.2) is 16.8 Å². The lowest BCUT2D eigenvalue weighted by molar-refractivity contribution is 0.0954. The van der Waals surface area contributed by atoms with E-state index in [1.54, 1.807) is 0 Å². The molecule has 3 rings (SSSR count). The Morgan fingerprint density at radius 3 is 2.30 bits per heavy atom. The maximum atomic E-state index is 12.6. The molecule has 0 saturated carbocycles. The molecule has 8 heteroatoms. The first kappa shape index (κ1) is 19.6. The van der Waals surface area contributed by atoms with Gasteiger partial charge in [-0.2, -0.15) is 0 Å². The van der Waals surface area contributed by atoms with Crippen molar-refractivity contribution in [2.75, 3.05) is 18.1 Å². The van der Waals surface area contributed by atoms with Gasteiger partial charge in [0.15, 0.2) is 19.7 Å². The van der Waals surface area contributed by atoms with Crippen molar-refractivity contribution in [3.63, 3.8) is 0 Å². The van der Waals surface area contributed by atoms with E-state index in [-0.39, 0.29) is 28.7 Å². The highest BCUT2D eigenvalue weighted by molar-refractivity contribution is 7.96. The predicted molar refractivity (Wildman–Crippen MR) is 103 cm³/mol. The van der Waals surface area contributed by atoms with Crippen LogP contribution in [0.4, 0.5) is 0 Å². The van der Waals surface area contributed by atoms with Crippen molar-refractivity contribution in [1.82, 2.24) is 5.32 Å². The largest absolute Gasteiger partial charge is 0.352 e. The molecule has 6 nitrogen and oxygen atoms in total. The van der Waals surface area contributed by atoms with E-state index in [0.29, 0.717) is 18.5 Å². The molecule has 0 aromatic heterocycles. The average Bonchev–Trinajstić information content (AvgIpc) is 3.03. The molecule has 27 heavy (non-hydrogen) atoms. The smallest absolute Gasteiger partial charge is 0.251 e. The first-order chi connectivity index (χ1) is 12.8. The quantitative estimate of drug-likeness (QED) is 0.785. The third-order valence-electron chi connectivity index (χ3n) is 4.62. The van der Waals surface area contributed by atoms with Crippen molar-refractivity contribution >= 4 is 25.6 Å². The number of rotatable bonds is 6. The van der Waals surface area contributed by atoms with Crippen molar-refractivity contribution in [3.8, 4) is 0 Å². The fourth-order valence-electron chi connectivity index (χ4n) is 3.06. The molecule has 1 saturated heterocycles. The normalized spacial score (nSPS) is 18.9. The summed E-state index contributed by atoms with van der Waals surface area (Å²) in [5.41, 5.74) is 1.48. The molecular formula is C19H21NO5S2. The van der Waals surface area contributed by atoms with Gasteiger partial charge in [-0.3, -0.25) is 4.79 Å². The summed E-state index contributed by atoms with van der Waals surface area (Å²) in [6, 6.07) is 15.4. The number of amides is 1. The summed E-state index contributed by atoms with van der Waals surface area (Å²) in [5, 5.41) is 1.89. The summed E-state index contributed by atoms with van der Waals surface area (Å²) in [4.78, 5) is 12.2. The van der Waals surface area contributed by atoms with Gasteiger partial charge < -0.3 is 5.32 Å². The zero-order valence-electron chi connectivity index (χ0n) is 14.7. The molecule has 2 aromatic carbocycles. The molecule has 0 aliphatic carbocycles. The molecule has 1 aliphatic heterocycles. The molecule has 0 bridgehead atoms. The summed E-state index contributed by atoms with van der Waals surface area (Å²) in [7, 11) is -7.00. The number of carbonyl (C=O) groups is 1. The van der Waals surface area contributed by atoms with Crippen LogP contribution in [0.2, 0.25) is 0 Å². The summed E-state index contributed by atoms with van der Waals surface area (Å²) in [6.45, 7) is 0.475. The van der Waals surface area contributed by atoms with Crippen molar-refractivity contribution < 1.29 is 21.6 Å². The van der Waals surface area contributed by atoms with E-state index < -0.39 is 24.9 Å². The number of carbonyl (C=O) groups excluding carboxylic acids is 1. The molecule has 1 fully saturated rings. The fourth-order valence-corrected chi connectivity index (χ4v) is 7.42. The molecule has 1 amide bonds. The Bertz CT molecular complexity index is 1010. The van der Waals surface area contributed by atoms with Gasteiger partial charge in [-0.1, -0.05) is 30.3 Å². The minimum atomic E-state index is -3.72. The van der Waals surface area contributed by atoms with E-state index in [0.717, 1.165) is 5.56 Å². The molecule has 1 heterocycles. The van der Waals surface area contributed by atoms with Crippen molar-refractivity contribution in [2.24, 2.45) is 0 Å². The fraction of sp³-hybridized carbons (Fsp3) is 0.316. The minimum Gasteiger partial charge on any atom is -0.352 e. The molecule has 0 unspecified atom stereocenters. The van der Waals surface area contributed by atoms with E-state index >= 15 is 0 Å². The van der Waals surface area contributed by atoms with Crippen LogP contribution in [-0.4, -0.2) is 46.0 Å². The number of benzene rings is 2. The molecule has 0 spiro atoms. The maximum absolute atomic E-state index is 12.6. The van der Waals surface area contributed by atoms with Gasteiger partial charge in [-0.15, -0.1) is 0 Å². The zero-order valence-corrected chi connectivity index (χ0v) is 16.3. The van der Waals surface area contributed by atoms with Gasteiger partial charge in [0.25, 0.3) is 5.91 Å². The molecule has 1 N–H and O–H groups in total. The van der Waals surface area contributed by atoms with Gasteiger partial charge in [0.05, 0.1) is 21.7 Å². The van der Waals surface area contributed by atoms with Crippen molar-refractivity contribution in [3.05, 3.63) is 65.7 Å². The van der Waals surface area contributed by atoms with E-state index in [2.05, 4.69) is 5.32 Å². The Morgan fingerprint density at radius 1 is 1.04 bits per heavy atom. The lowest BCUT2D eigenvalue weighted by Crippen LogP contribution is -2.26. The Balaban J connectivity index is 1.62. The number of hydrogen-bond donors (Lipinski definition) is 1. The minimum absolute atomic E-state index is 0.0467. The lowest BCUT2D eigenvalue weighted by atomic mass is 10.1. The second-order valence-corrected chi connectivity index (χ2v) is 11.0. The zero-order chi connectivity index (χ0) is 19.5. The Hall–Kier alpha value is -2.19. The van der Waals surface area contributed by atoms with E-state index in [1.165, 1.54) is 24.3 Å². The predicted octanol–water partition coefficient (Wildman–Crippen LogP) is 1.62. The van der Waals surface area contributed by atoms with Crippen molar-refractivity contribution in [1.29, 1.82) is 0 Å². The van der Waals surface area contributed by atoms with Crippen LogP contribution in [0.5, 0.6) is 0 Å². The van der Waals surface area contributed by atoms with Crippen LogP contribution in [-0.2, 0) is 26.1 Å². The second-order valence-electron chi connectivity index (χ2n) is 6.59. The summed E-state index contributed by atoms with van der Waals surface area (Å²) in [5.74, 6) is -0.714. The average molecular weight is 408 g/mol. The highest BCUT2D eigenvalue weighted by Crippen LogP contribution is 2.25. The SMILES string of the molecule is O=C(NCCc1ccccc1)c1ccc(S(=O)(=O)[C@H]2CCS(=O)(=O)C2)cc1. The molecule has 2 aromatic rings. The van der Waals surface area contributed by atoms with E-state index in [9.17, 15) is 21.6 Å². The number of nitrogens with one attached hydrogen (secondary N) is 1. The summed E-state index contributed by atoms with van der Waals surface area (Å²) in [6.07, 6.45) is 0.821. The number of sulfone groups is 2. The molecule has 1 aliphatic rings. The summed E-state index contributed by atoms with van der Waals surface area (Å²) < 4.78 is 48.2. The Labute approximate surface area is 159 Å². The molecular weight excluding hydrogens is 386 g/mol. The highest BCUT2D eigenvalue weighted by atomic mass is 32.2. The third-order valence-corrected chi connectivity index (χ3v) is 8.80. The first-order valence-electron chi connectivity index (χ1n) is 8.64. The van der Waals surface area contributed by atoms with Crippen LogP contribution in [0.3, 0.4) is 0 Å². The van der Waals surface area contributed by atoms with Gasteiger partial charge in [0.2, 0.25) is 0 Å². The Morgan fingerprint density at radius 2 is 1.70 bits per heavy atom. The van der Waals surface area contributed by atoms with Gasteiger partial charge in [0.1, 0.15) is 0 Å². The van der Waals surface area contributed by atoms with Crippen LogP contribution < -0.4 is 5.32 Å². The standard InChI is InChI=1S/C19H21NO5S2/c21-19(20-12-10-15-4-2-1-3-5-15)16-6-8-17(9-7-16)27(24,25)18-11-13-26(22,23)14-18/h1-9,18H,10-14H2,(H,20,21)/t18-/m0/s1. The molecule has 144 valence electrons. The monoisotopic (exact) mass is 407 g/mol. The Kier molecular flexibility index (Phi) is 5.67. The summed E-state index contributed by atoms with van der Waals surface area (Å²) >= 11 is 0. The van der Waals surface area contributed by atoms with Crippen molar-refractivity contribution in [2.45, 2.75) is 23.0 Å². The molecule has 0 radical (unpaired) electrons.